The van der Waals surface area contributed by atoms with Crippen LogP contribution >= 0.6 is 0 Å². The van der Waals surface area contributed by atoms with E-state index in [1.165, 1.54) is 0 Å². The average molecular weight is 210 g/mol. The second kappa shape index (κ2) is 76.1. The molecule has 0 unspecified atom stereocenters. The topological polar surface area (TPSA) is 85.5 Å². The van der Waals surface area contributed by atoms with E-state index in [0.29, 0.717) is 0 Å². The van der Waals surface area contributed by atoms with Crippen LogP contribution in [0.3, 0.4) is 0 Å². The van der Waals surface area contributed by atoms with Crippen LogP contribution in [0.25, 0.3) is 0 Å². The summed E-state index contributed by atoms with van der Waals surface area (Å²) in [6.07, 6.45) is 0. The smallest absolute Gasteiger partial charge is 2.00 e. The molecule has 35 valence electrons. The van der Waals surface area contributed by atoms with E-state index in [0.717, 1.165) is 0 Å². The molecule has 0 N–H and O–H groups in total. The van der Waals surface area contributed by atoms with Crippen molar-refractivity contribution >= 4 is 34.7 Å². The van der Waals surface area contributed by atoms with E-state index < -0.39 is 0 Å². The van der Waals surface area contributed by atoms with Crippen molar-refractivity contribution in [3.05, 3.63) is 0 Å². The molecule has 6 heavy (non-hydrogen) atoms. The molecule has 0 aliphatic rings. The molecule has 6 heteroatoms. The van der Waals surface area contributed by atoms with Crippen molar-refractivity contribution < 1.29 is 38.8 Å². The van der Waals surface area contributed by atoms with Gasteiger partial charge in [-0.25, -0.2) is 0 Å². The Morgan fingerprint density at radius 3 is 0.500 bits per heavy atom. The summed E-state index contributed by atoms with van der Waals surface area (Å²) in [5, 5.41) is 0. The van der Waals surface area contributed by atoms with Crippen LogP contribution in [0.15, 0.2) is 0 Å². The molecule has 0 heterocycles. The van der Waals surface area contributed by atoms with Gasteiger partial charge in [0, 0.05) is 22.4 Å². The fraction of sp³-hybridized carbons (Fsp3) is 0. The van der Waals surface area contributed by atoms with Crippen LogP contribution in [0.1, 0.15) is 0 Å². The molecule has 0 aliphatic heterocycles. The van der Waals surface area contributed by atoms with Crippen molar-refractivity contribution in [3.8, 4) is 0 Å². The fourth-order valence-corrected chi connectivity index (χ4v) is 0. The standard InChI is InChI=1S/Ag.2Al.3O/q;2*+3;3*-2. The summed E-state index contributed by atoms with van der Waals surface area (Å²) in [5.74, 6) is 0. The van der Waals surface area contributed by atoms with Crippen LogP contribution in [0.2, 0.25) is 0 Å². The van der Waals surface area contributed by atoms with Gasteiger partial charge in [0.15, 0.2) is 0 Å². The molecule has 3 nitrogen and oxygen atoms in total. The second-order valence-corrected chi connectivity index (χ2v) is 0. The molecule has 0 bridgehead atoms. The van der Waals surface area contributed by atoms with Gasteiger partial charge in [-0.1, -0.05) is 0 Å². The zero-order valence-electron chi connectivity index (χ0n) is 2.68. The first-order valence-corrected chi connectivity index (χ1v) is 0. The summed E-state index contributed by atoms with van der Waals surface area (Å²) in [6, 6.07) is 0. The summed E-state index contributed by atoms with van der Waals surface area (Å²) in [6.45, 7) is 0. The number of hydrogen-bond donors (Lipinski definition) is 0. The minimum atomic E-state index is 0. The van der Waals surface area contributed by atoms with E-state index in [-0.39, 0.29) is 73.5 Å². The van der Waals surface area contributed by atoms with Crippen molar-refractivity contribution in [2.24, 2.45) is 0 Å². The van der Waals surface area contributed by atoms with Gasteiger partial charge in [0.25, 0.3) is 0 Å². The van der Waals surface area contributed by atoms with Gasteiger partial charge in [-0.15, -0.1) is 0 Å². The fourth-order valence-electron chi connectivity index (χ4n) is 0. The molecule has 0 atom stereocenters. The average Bonchev–Trinajstić information content (AvgIpc) is 0. The van der Waals surface area contributed by atoms with Crippen molar-refractivity contribution in [1.82, 2.24) is 0 Å². The maximum absolute atomic E-state index is 0. The summed E-state index contributed by atoms with van der Waals surface area (Å²) in [7, 11) is 0. The zero-order valence-corrected chi connectivity index (χ0v) is 6.47. The Bertz CT molecular complexity index is 8.75. The van der Waals surface area contributed by atoms with Crippen LogP contribution in [0.4, 0.5) is 0 Å². The van der Waals surface area contributed by atoms with Gasteiger partial charge in [0.1, 0.15) is 0 Å². The van der Waals surface area contributed by atoms with Gasteiger partial charge >= 0.3 is 34.7 Å². The van der Waals surface area contributed by atoms with E-state index in [2.05, 4.69) is 0 Å². The first-order valence-electron chi connectivity index (χ1n) is 0. The molecule has 0 rings (SSSR count). The van der Waals surface area contributed by atoms with Crippen molar-refractivity contribution in [3.63, 3.8) is 0 Å². The van der Waals surface area contributed by atoms with E-state index in [9.17, 15) is 0 Å². The predicted octanol–water partition coefficient (Wildman–Crippen LogP) is -1.12. The largest absolute Gasteiger partial charge is 3.00 e. The Morgan fingerprint density at radius 1 is 0.500 bits per heavy atom. The Kier molecular flexibility index (Phi) is 1530. The first-order chi connectivity index (χ1) is 0. The molecule has 0 fully saturated rings. The Morgan fingerprint density at radius 2 is 0.500 bits per heavy atom. The van der Waals surface area contributed by atoms with Crippen molar-refractivity contribution in [1.29, 1.82) is 0 Å². The van der Waals surface area contributed by atoms with E-state index in [1.54, 1.807) is 0 Å². The van der Waals surface area contributed by atoms with Gasteiger partial charge in [0.2, 0.25) is 0 Å². The van der Waals surface area contributed by atoms with Gasteiger partial charge in [0.05, 0.1) is 0 Å². The minimum absolute atomic E-state index is 0. The monoisotopic (exact) mass is 209 g/mol. The minimum Gasteiger partial charge on any atom is -2.00 e. The van der Waals surface area contributed by atoms with E-state index >= 15 is 0 Å². The maximum Gasteiger partial charge on any atom is 3.00 e. The Hall–Kier alpha value is 1.69. The summed E-state index contributed by atoms with van der Waals surface area (Å²) < 4.78 is 0. The van der Waals surface area contributed by atoms with Crippen LogP contribution in [0.5, 0.6) is 0 Å². The molecule has 0 saturated carbocycles. The van der Waals surface area contributed by atoms with Crippen molar-refractivity contribution in [2.75, 3.05) is 0 Å². The van der Waals surface area contributed by atoms with Gasteiger partial charge in [-0.05, 0) is 0 Å². The van der Waals surface area contributed by atoms with Gasteiger partial charge < -0.3 is 16.4 Å². The molecule has 0 aromatic heterocycles. The van der Waals surface area contributed by atoms with Gasteiger partial charge in [-0.2, -0.15) is 0 Å². The third-order valence-electron chi connectivity index (χ3n) is 0. The predicted molar refractivity (Wildman–Crippen MR) is 13.6 cm³/mol. The molecule has 0 amide bonds. The van der Waals surface area contributed by atoms with Gasteiger partial charge in [-0.3, -0.25) is 0 Å². The van der Waals surface area contributed by atoms with Crippen LogP contribution in [-0.2, 0) is 38.8 Å². The third-order valence-corrected chi connectivity index (χ3v) is 0. The molecule has 0 aromatic rings. The van der Waals surface area contributed by atoms with E-state index in [4.69, 9.17) is 0 Å². The molecular formula is AgAl2O3. The molecular weight excluding hydrogens is 210 g/mol. The molecule has 0 spiro atoms. The Balaban J connectivity index is 0. The van der Waals surface area contributed by atoms with Crippen LogP contribution in [0, 0.1) is 0 Å². The number of hydrogen-bond acceptors (Lipinski definition) is 0. The number of rotatable bonds is 0. The normalized spacial score (nSPS) is 0. The zero-order chi connectivity index (χ0) is 0. The summed E-state index contributed by atoms with van der Waals surface area (Å²) in [5.41, 5.74) is 0. The second-order valence-electron chi connectivity index (χ2n) is 0. The molecule has 0 aromatic carbocycles. The van der Waals surface area contributed by atoms with Crippen LogP contribution in [-0.4, -0.2) is 34.7 Å². The maximum atomic E-state index is 0. The Labute approximate surface area is 73.2 Å². The molecule has 0 aliphatic carbocycles. The summed E-state index contributed by atoms with van der Waals surface area (Å²) in [4.78, 5) is 0. The summed E-state index contributed by atoms with van der Waals surface area (Å²) >= 11 is 0. The third kappa shape index (κ3) is 43.9. The quantitative estimate of drug-likeness (QED) is 0.453. The van der Waals surface area contributed by atoms with Crippen LogP contribution < -0.4 is 0 Å². The SMILES string of the molecule is [Ag].[Al+3].[Al+3].[O-2].[O-2].[O-2]. The molecule has 1 radical (unpaired) electrons. The first kappa shape index (κ1) is 121. The molecule has 0 saturated heterocycles. The van der Waals surface area contributed by atoms with Crippen molar-refractivity contribution in [2.45, 2.75) is 0 Å². The van der Waals surface area contributed by atoms with E-state index in [1.807, 2.05) is 0 Å².